The molecule has 1 unspecified atom stereocenters. The van der Waals surface area contributed by atoms with Crippen LogP contribution < -0.4 is 11.1 Å². The Morgan fingerprint density at radius 3 is 2.42 bits per heavy atom. The van der Waals surface area contributed by atoms with Crippen molar-refractivity contribution in [3.63, 3.8) is 0 Å². The molecule has 3 N–H and O–H groups in total. The van der Waals surface area contributed by atoms with Gasteiger partial charge in [-0.2, -0.15) is 13.2 Å². The van der Waals surface area contributed by atoms with Crippen LogP contribution in [-0.4, -0.2) is 18.6 Å². The summed E-state index contributed by atoms with van der Waals surface area (Å²) in [5, 5.41) is 2.82. The second-order valence-electron chi connectivity index (χ2n) is 4.31. The maximum Gasteiger partial charge on any atom is 0.390 e. The molecular formula is C13H17F3N2O. The lowest BCUT2D eigenvalue weighted by Gasteiger charge is -2.20. The molecule has 0 aromatic heterocycles. The zero-order valence-corrected chi connectivity index (χ0v) is 10.4. The summed E-state index contributed by atoms with van der Waals surface area (Å²) < 4.78 is 37.5. The molecule has 0 bridgehead atoms. The molecule has 1 aromatic carbocycles. The van der Waals surface area contributed by atoms with Crippen LogP contribution in [0.2, 0.25) is 0 Å². The number of nitrogens with one attached hydrogen (secondary N) is 1. The number of carbonyl (C=O) groups excluding carboxylic acids is 1. The van der Waals surface area contributed by atoms with Gasteiger partial charge in [-0.3, -0.25) is 4.79 Å². The largest absolute Gasteiger partial charge is 0.390 e. The quantitative estimate of drug-likeness (QED) is 0.751. The van der Waals surface area contributed by atoms with Crippen molar-refractivity contribution in [1.29, 1.82) is 0 Å². The zero-order chi connectivity index (χ0) is 14.3. The van der Waals surface area contributed by atoms with Gasteiger partial charge in [0.05, 0.1) is 6.42 Å². The first kappa shape index (κ1) is 15.5. The standard InChI is InChI=1S/C13H17F3N2O/c14-13(15,16)9-11(10-5-2-1-3-6-10)18-8-4-7-12(17)19/h1-3,5-6,11,18H,4,7-9H2,(H2,17,19). The number of halogens is 3. The van der Waals surface area contributed by atoms with Crippen LogP contribution in [0, 0.1) is 0 Å². The molecular weight excluding hydrogens is 257 g/mol. The van der Waals surface area contributed by atoms with E-state index < -0.39 is 24.5 Å². The summed E-state index contributed by atoms with van der Waals surface area (Å²) in [4.78, 5) is 10.6. The molecule has 0 heterocycles. The van der Waals surface area contributed by atoms with E-state index in [1.807, 2.05) is 0 Å². The summed E-state index contributed by atoms with van der Waals surface area (Å²) in [7, 11) is 0. The fraction of sp³-hybridized carbons (Fsp3) is 0.462. The van der Waals surface area contributed by atoms with Crippen molar-refractivity contribution in [1.82, 2.24) is 5.32 Å². The topological polar surface area (TPSA) is 55.1 Å². The number of primary amides is 1. The van der Waals surface area contributed by atoms with E-state index >= 15 is 0 Å². The lowest BCUT2D eigenvalue weighted by Crippen LogP contribution is -2.28. The van der Waals surface area contributed by atoms with Crippen molar-refractivity contribution >= 4 is 5.91 Å². The minimum Gasteiger partial charge on any atom is -0.370 e. The number of amides is 1. The van der Waals surface area contributed by atoms with Crippen molar-refractivity contribution in [2.45, 2.75) is 31.5 Å². The Kier molecular flexibility index (Phi) is 5.82. The van der Waals surface area contributed by atoms with Gasteiger partial charge in [-0.25, -0.2) is 0 Å². The highest BCUT2D eigenvalue weighted by molar-refractivity contribution is 5.73. The van der Waals surface area contributed by atoms with Gasteiger partial charge >= 0.3 is 6.18 Å². The van der Waals surface area contributed by atoms with Gasteiger partial charge in [0.1, 0.15) is 0 Å². The van der Waals surface area contributed by atoms with Crippen molar-refractivity contribution in [3.05, 3.63) is 35.9 Å². The van der Waals surface area contributed by atoms with Gasteiger partial charge in [0.2, 0.25) is 5.91 Å². The molecule has 0 fully saturated rings. The second kappa shape index (κ2) is 7.13. The number of alkyl halides is 3. The third kappa shape index (κ3) is 6.81. The highest BCUT2D eigenvalue weighted by Crippen LogP contribution is 2.29. The Hall–Kier alpha value is -1.56. The summed E-state index contributed by atoms with van der Waals surface area (Å²) >= 11 is 0. The van der Waals surface area contributed by atoms with E-state index in [0.29, 0.717) is 18.5 Å². The first-order valence-electron chi connectivity index (χ1n) is 6.02. The number of carbonyl (C=O) groups is 1. The normalized spacial score (nSPS) is 13.2. The molecule has 0 saturated heterocycles. The number of nitrogens with two attached hydrogens (primary N) is 1. The van der Waals surface area contributed by atoms with Crippen molar-refractivity contribution in [3.8, 4) is 0 Å². The second-order valence-corrected chi connectivity index (χ2v) is 4.31. The molecule has 1 rings (SSSR count). The summed E-state index contributed by atoms with van der Waals surface area (Å²) in [5.74, 6) is -0.450. The molecule has 0 aliphatic carbocycles. The van der Waals surface area contributed by atoms with Gasteiger partial charge in [-0.15, -0.1) is 0 Å². The zero-order valence-electron chi connectivity index (χ0n) is 10.4. The summed E-state index contributed by atoms with van der Waals surface area (Å²) in [5.41, 5.74) is 5.56. The van der Waals surface area contributed by atoms with Gasteiger partial charge in [0.25, 0.3) is 0 Å². The molecule has 1 amide bonds. The minimum atomic E-state index is -4.24. The maximum atomic E-state index is 12.5. The molecule has 3 nitrogen and oxygen atoms in total. The molecule has 1 aromatic rings. The molecule has 0 spiro atoms. The average molecular weight is 274 g/mol. The van der Waals surface area contributed by atoms with E-state index in [9.17, 15) is 18.0 Å². The molecule has 6 heteroatoms. The minimum absolute atomic E-state index is 0.167. The predicted molar refractivity (Wildman–Crippen MR) is 66.3 cm³/mol. The van der Waals surface area contributed by atoms with Crippen LogP contribution in [0.4, 0.5) is 13.2 Å². The lowest BCUT2D eigenvalue weighted by molar-refractivity contribution is -0.140. The van der Waals surface area contributed by atoms with Crippen LogP contribution in [0.1, 0.15) is 30.9 Å². The fourth-order valence-corrected chi connectivity index (χ4v) is 1.76. The molecule has 19 heavy (non-hydrogen) atoms. The molecule has 106 valence electrons. The van der Waals surface area contributed by atoms with E-state index in [0.717, 1.165) is 0 Å². The average Bonchev–Trinajstić information content (AvgIpc) is 2.32. The van der Waals surface area contributed by atoms with E-state index in [1.54, 1.807) is 30.3 Å². The van der Waals surface area contributed by atoms with E-state index in [1.165, 1.54) is 0 Å². The maximum absolute atomic E-state index is 12.5. The SMILES string of the molecule is NC(=O)CCCNC(CC(F)(F)F)c1ccccc1. The summed E-state index contributed by atoms with van der Waals surface area (Å²) in [6.07, 6.45) is -4.58. The Morgan fingerprint density at radius 2 is 1.89 bits per heavy atom. The van der Waals surface area contributed by atoms with E-state index in [2.05, 4.69) is 5.32 Å². The summed E-state index contributed by atoms with van der Waals surface area (Å²) in [6.45, 7) is 0.318. The van der Waals surface area contributed by atoms with Crippen LogP contribution in [-0.2, 0) is 4.79 Å². The van der Waals surface area contributed by atoms with Gasteiger partial charge in [-0.05, 0) is 18.5 Å². The Morgan fingerprint density at radius 1 is 1.26 bits per heavy atom. The number of rotatable bonds is 7. The van der Waals surface area contributed by atoms with Crippen LogP contribution in [0.15, 0.2) is 30.3 Å². The van der Waals surface area contributed by atoms with Gasteiger partial charge in [0, 0.05) is 12.5 Å². The molecule has 1 atom stereocenters. The number of hydrogen-bond acceptors (Lipinski definition) is 2. The smallest absolute Gasteiger partial charge is 0.370 e. The van der Waals surface area contributed by atoms with Crippen LogP contribution in [0.25, 0.3) is 0 Å². The number of benzene rings is 1. The monoisotopic (exact) mass is 274 g/mol. The van der Waals surface area contributed by atoms with Crippen LogP contribution >= 0.6 is 0 Å². The third-order valence-corrected chi connectivity index (χ3v) is 2.63. The molecule has 0 aliphatic heterocycles. The lowest BCUT2D eigenvalue weighted by atomic mass is 10.0. The Bertz CT molecular complexity index is 393. The van der Waals surface area contributed by atoms with Crippen LogP contribution in [0.3, 0.4) is 0 Å². The first-order chi connectivity index (χ1) is 8.88. The predicted octanol–water partition coefficient (Wildman–Crippen LogP) is 2.54. The third-order valence-electron chi connectivity index (χ3n) is 2.63. The van der Waals surface area contributed by atoms with Crippen LogP contribution in [0.5, 0.6) is 0 Å². The molecule has 0 aliphatic rings. The van der Waals surface area contributed by atoms with Crippen molar-refractivity contribution in [2.24, 2.45) is 5.73 Å². The molecule has 0 radical (unpaired) electrons. The van der Waals surface area contributed by atoms with Gasteiger partial charge in [0.15, 0.2) is 0 Å². The fourth-order valence-electron chi connectivity index (χ4n) is 1.76. The van der Waals surface area contributed by atoms with E-state index in [-0.39, 0.29) is 6.42 Å². The Labute approximate surface area is 110 Å². The first-order valence-corrected chi connectivity index (χ1v) is 6.02. The van der Waals surface area contributed by atoms with Crippen molar-refractivity contribution in [2.75, 3.05) is 6.54 Å². The summed E-state index contributed by atoms with van der Waals surface area (Å²) in [6, 6.07) is 7.65. The van der Waals surface area contributed by atoms with Gasteiger partial charge in [-0.1, -0.05) is 30.3 Å². The van der Waals surface area contributed by atoms with Gasteiger partial charge < -0.3 is 11.1 Å². The van der Waals surface area contributed by atoms with Crippen molar-refractivity contribution < 1.29 is 18.0 Å². The highest BCUT2D eigenvalue weighted by Gasteiger charge is 2.32. The Balaban J connectivity index is 2.58. The van der Waals surface area contributed by atoms with E-state index in [4.69, 9.17) is 5.73 Å². The highest BCUT2D eigenvalue weighted by atomic mass is 19.4. The molecule has 0 saturated carbocycles. The number of hydrogen-bond donors (Lipinski definition) is 2.